The van der Waals surface area contributed by atoms with Crippen LogP contribution in [0.2, 0.25) is 0 Å². The Morgan fingerprint density at radius 1 is 0.872 bits per heavy atom. The minimum atomic E-state index is -1.63. The van der Waals surface area contributed by atoms with Crippen molar-refractivity contribution in [2.24, 2.45) is 5.73 Å². The van der Waals surface area contributed by atoms with Crippen molar-refractivity contribution >= 4 is 34.6 Å². The number of amides is 3. The lowest BCUT2D eigenvalue weighted by Gasteiger charge is -2.26. The van der Waals surface area contributed by atoms with E-state index in [1.54, 1.807) is 36.5 Å². The maximum absolute atomic E-state index is 13.3. The smallest absolute Gasteiger partial charge is 0.328 e. The van der Waals surface area contributed by atoms with Gasteiger partial charge in [0.25, 0.3) is 0 Å². The normalized spacial score (nSPS) is 15.0. The van der Waals surface area contributed by atoms with E-state index in [1.165, 1.54) is 6.92 Å². The Labute approximate surface area is 224 Å². The fourth-order valence-electron chi connectivity index (χ4n) is 4.07. The molecule has 1 aromatic heterocycles. The summed E-state index contributed by atoms with van der Waals surface area (Å²) in [6.07, 6.45) is 0.612. The van der Waals surface area contributed by atoms with Gasteiger partial charge in [-0.3, -0.25) is 14.4 Å². The molecule has 0 unspecified atom stereocenters. The predicted molar refractivity (Wildman–Crippen MR) is 142 cm³/mol. The number of nitrogens with one attached hydrogen (secondary N) is 4. The molecular formula is C27H33N5O7. The van der Waals surface area contributed by atoms with Crippen LogP contribution in [0.3, 0.4) is 0 Å². The summed E-state index contributed by atoms with van der Waals surface area (Å²) in [5, 5.41) is 36.4. The van der Waals surface area contributed by atoms with Gasteiger partial charge in [0.1, 0.15) is 18.1 Å². The highest BCUT2D eigenvalue weighted by molar-refractivity contribution is 5.95. The predicted octanol–water partition coefficient (Wildman–Crippen LogP) is -0.807. The zero-order valence-electron chi connectivity index (χ0n) is 21.3. The molecule has 0 aliphatic carbocycles. The summed E-state index contributed by atoms with van der Waals surface area (Å²) in [5.41, 5.74) is 8.64. The Kier molecular flexibility index (Phi) is 10.1. The first-order valence-electron chi connectivity index (χ1n) is 12.4. The largest absolute Gasteiger partial charge is 0.480 e. The fourth-order valence-corrected chi connectivity index (χ4v) is 4.07. The molecule has 0 aliphatic heterocycles. The molecule has 9 N–H and O–H groups in total. The molecule has 3 aromatic rings. The summed E-state index contributed by atoms with van der Waals surface area (Å²) < 4.78 is 0. The fraction of sp³-hybridized carbons (Fsp3) is 0.333. The number of aromatic nitrogens is 1. The second-order valence-corrected chi connectivity index (χ2v) is 9.23. The first-order chi connectivity index (χ1) is 18.6. The average Bonchev–Trinajstić information content (AvgIpc) is 3.32. The molecule has 0 aliphatic rings. The molecule has 1 heterocycles. The van der Waals surface area contributed by atoms with Gasteiger partial charge in [-0.25, -0.2) is 4.79 Å². The maximum atomic E-state index is 13.3. The Balaban J connectivity index is 1.75. The van der Waals surface area contributed by atoms with E-state index in [1.807, 2.05) is 24.3 Å². The highest BCUT2D eigenvalue weighted by atomic mass is 16.4. The third-order valence-corrected chi connectivity index (χ3v) is 6.23. The van der Waals surface area contributed by atoms with Crippen LogP contribution in [0.25, 0.3) is 10.9 Å². The molecule has 3 amide bonds. The number of carbonyl (C=O) groups is 4. The highest BCUT2D eigenvalue weighted by Crippen LogP contribution is 2.19. The van der Waals surface area contributed by atoms with Crippen LogP contribution < -0.4 is 21.7 Å². The van der Waals surface area contributed by atoms with Crippen LogP contribution in [0, 0.1) is 0 Å². The summed E-state index contributed by atoms with van der Waals surface area (Å²) in [5.74, 6) is -3.88. The van der Waals surface area contributed by atoms with Crippen LogP contribution in [0.4, 0.5) is 0 Å². The number of carbonyl (C=O) groups excluding carboxylic acids is 3. The molecule has 3 rings (SSSR count). The quantitative estimate of drug-likeness (QED) is 0.137. The van der Waals surface area contributed by atoms with Gasteiger partial charge in [0, 0.05) is 23.5 Å². The number of hydrogen-bond donors (Lipinski definition) is 8. The van der Waals surface area contributed by atoms with Gasteiger partial charge in [-0.2, -0.15) is 0 Å². The number of nitrogens with two attached hydrogens (primary N) is 1. The van der Waals surface area contributed by atoms with Gasteiger partial charge in [-0.1, -0.05) is 48.5 Å². The number of rotatable bonds is 13. The minimum absolute atomic E-state index is 0.0563. The SMILES string of the molecule is C[C@@H](O)[C@H](NC(=O)[C@H](Cc1ccccc1)NC(=O)[C@@H](N)Cc1c[nH]c2ccccc12)C(=O)N[C@@H](CO)C(=O)O. The van der Waals surface area contributed by atoms with Crippen LogP contribution in [0.1, 0.15) is 18.1 Å². The zero-order valence-corrected chi connectivity index (χ0v) is 21.3. The summed E-state index contributed by atoms with van der Waals surface area (Å²) in [4.78, 5) is 53.3. The molecule has 0 fully saturated rings. The second kappa shape index (κ2) is 13.5. The van der Waals surface area contributed by atoms with Gasteiger partial charge >= 0.3 is 5.97 Å². The number of fused-ring (bicyclic) bond motifs is 1. The van der Waals surface area contributed by atoms with Gasteiger partial charge in [0.05, 0.1) is 18.8 Å². The van der Waals surface area contributed by atoms with Crippen LogP contribution in [0.15, 0.2) is 60.8 Å². The third-order valence-electron chi connectivity index (χ3n) is 6.23. The summed E-state index contributed by atoms with van der Waals surface area (Å²) in [6.45, 7) is 0.351. The van der Waals surface area contributed by atoms with Gasteiger partial charge < -0.3 is 42.0 Å². The number of carboxylic acid groups (broad SMARTS) is 1. The molecular weight excluding hydrogens is 506 g/mol. The monoisotopic (exact) mass is 539 g/mol. The van der Waals surface area contributed by atoms with Gasteiger partial charge in [0.15, 0.2) is 0 Å². The second-order valence-electron chi connectivity index (χ2n) is 9.23. The van der Waals surface area contributed by atoms with Crippen LogP contribution >= 0.6 is 0 Å². The van der Waals surface area contributed by atoms with Crippen molar-refractivity contribution in [3.63, 3.8) is 0 Å². The first-order valence-corrected chi connectivity index (χ1v) is 12.4. The molecule has 12 nitrogen and oxygen atoms in total. The van der Waals surface area contributed by atoms with Crippen molar-refractivity contribution in [1.29, 1.82) is 0 Å². The Hall–Kier alpha value is -4.26. The zero-order chi connectivity index (χ0) is 28.5. The Morgan fingerprint density at radius 2 is 1.51 bits per heavy atom. The highest BCUT2D eigenvalue weighted by Gasteiger charge is 2.32. The number of carboxylic acids is 1. The number of aliphatic hydroxyl groups excluding tert-OH is 2. The van der Waals surface area contributed by atoms with Gasteiger partial charge in [-0.05, 0) is 30.5 Å². The number of hydrogen-bond acceptors (Lipinski definition) is 7. The summed E-state index contributed by atoms with van der Waals surface area (Å²) in [6, 6.07) is 11.1. The van der Waals surface area contributed by atoms with Crippen molar-refractivity contribution in [2.75, 3.05) is 6.61 Å². The van der Waals surface area contributed by atoms with Crippen molar-refractivity contribution in [3.8, 4) is 0 Å². The standard InChI is InChI=1S/C27H33N5O7/c1-15(34)23(26(37)31-22(14-33)27(38)39)32-25(36)21(11-16-7-3-2-4-8-16)30-24(35)19(28)12-17-13-29-20-10-6-5-9-18(17)20/h2-10,13,15,19,21-23,29,33-34H,11-12,14,28H2,1H3,(H,30,35)(H,31,37)(H,32,36)(H,38,39)/t15-,19+,21+,22+,23+/m1/s1. The maximum Gasteiger partial charge on any atom is 0.328 e. The minimum Gasteiger partial charge on any atom is -0.480 e. The number of benzene rings is 2. The van der Waals surface area contributed by atoms with E-state index in [2.05, 4.69) is 20.9 Å². The van der Waals surface area contributed by atoms with Crippen molar-refractivity contribution in [1.82, 2.24) is 20.9 Å². The average molecular weight is 540 g/mol. The van der Waals surface area contributed by atoms with E-state index >= 15 is 0 Å². The molecule has 39 heavy (non-hydrogen) atoms. The van der Waals surface area contributed by atoms with Gasteiger partial charge in [-0.15, -0.1) is 0 Å². The molecule has 0 bridgehead atoms. The molecule has 0 radical (unpaired) electrons. The van der Waals surface area contributed by atoms with Gasteiger partial charge in [0.2, 0.25) is 17.7 Å². The lowest BCUT2D eigenvalue weighted by Crippen LogP contribution is -2.60. The first kappa shape index (κ1) is 29.3. The van der Waals surface area contributed by atoms with E-state index in [0.29, 0.717) is 5.56 Å². The summed E-state index contributed by atoms with van der Waals surface area (Å²) in [7, 11) is 0. The Bertz CT molecular complexity index is 1290. The lowest BCUT2D eigenvalue weighted by molar-refractivity contribution is -0.144. The summed E-state index contributed by atoms with van der Waals surface area (Å²) >= 11 is 0. The van der Waals surface area contributed by atoms with E-state index < -0.39 is 60.6 Å². The van der Waals surface area contributed by atoms with Crippen LogP contribution in [-0.4, -0.2) is 80.9 Å². The molecule has 0 saturated carbocycles. The molecule has 208 valence electrons. The molecule has 0 spiro atoms. The van der Waals surface area contributed by atoms with Crippen LogP contribution in [-0.2, 0) is 32.0 Å². The van der Waals surface area contributed by atoms with Crippen molar-refractivity contribution < 1.29 is 34.5 Å². The van der Waals surface area contributed by atoms with Crippen molar-refractivity contribution in [2.45, 2.75) is 50.0 Å². The van der Waals surface area contributed by atoms with E-state index in [4.69, 9.17) is 10.8 Å². The molecule has 0 saturated heterocycles. The number of aliphatic hydroxyl groups is 2. The number of H-pyrrole nitrogens is 1. The van der Waals surface area contributed by atoms with E-state index in [0.717, 1.165) is 16.5 Å². The molecule has 2 aromatic carbocycles. The molecule has 5 atom stereocenters. The Morgan fingerprint density at radius 3 is 2.15 bits per heavy atom. The topological polar surface area (TPSA) is 207 Å². The molecule has 12 heteroatoms. The number of para-hydroxylation sites is 1. The van der Waals surface area contributed by atoms with Crippen LogP contribution in [0.5, 0.6) is 0 Å². The van der Waals surface area contributed by atoms with E-state index in [-0.39, 0.29) is 12.8 Å². The number of aliphatic carboxylic acids is 1. The number of aromatic amines is 1. The van der Waals surface area contributed by atoms with E-state index in [9.17, 15) is 29.4 Å². The third kappa shape index (κ3) is 7.87. The van der Waals surface area contributed by atoms with Crippen molar-refractivity contribution in [3.05, 3.63) is 71.9 Å². The lowest BCUT2D eigenvalue weighted by atomic mass is 10.0.